The maximum absolute atomic E-state index is 12.9. The van der Waals surface area contributed by atoms with Crippen LogP contribution >= 0.6 is 0 Å². The van der Waals surface area contributed by atoms with Crippen LogP contribution in [0.15, 0.2) is 65.1 Å². The highest BCUT2D eigenvalue weighted by atomic mass is 16.3. The lowest BCUT2D eigenvalue weighted by molar-refractivity contribution is 0.0764. The molecule has 0 spiro atoms. The molecule has 0 saturated heterocycles. The number of aryl methyl sites for hydroxylation is 1. The van der Waals surface area contributed by atoms with Crippen molar-refractivity contribution in [2.24, 2.45) is 0 Å². The summed E-state index contributed by atoms with van der Waals surface area (Å²) in [5.41, 5.74) is 2.51. The van der Waals surface area contributed by atoms with Gasteiger partial charge in [0.25, 0.3) is 5.91 Å². The first-order valence-corrected chi connectivity index (χ1v) is 8.79. The third-order valence-corrected chi connectivity index (χ3v) is 4.20. The van der Waals surface area contributed by atoms with E-state index in [-0.39, 0.29) is 12.5 Å². The van der Waals surface area contributed by atoms with Crippen molar-refractivity contribution in [3.05, 3.63) is 77.6 Å². The second-order valence-corrected chi connectivity index (χ2v) is 6.25. The van der Waals surface area contributed by atoms with E-state index >= 15 is 0 Å². The van der Waals surface area contributed by atoms with Gasteiger partial charge in [0.1, 0.15) is 11.3 Å². The van der Waals surface area contributed by atoms with Gasteiger partial charge in [-0.25, -0.2) is 0 Å². The zero-order valence-electron chi connectivity index (χ0n) is 14.9. The van der Waals surface area contributed by atoms with E-state index in [1.807, 2.05) is 67.6 Å². The Labute approximate surface area is 153 Å². The summed E-state index contributed by atoms with van der Waals surface area (Å²) in [4.78, 5) is 14.7. The Morgan fingerprint density at radius 2 is 1.96 bits per heavy atom. The fourth-order valence-corrected chi connectivity index (χ4v) is 2.91. The molecule has 0 radical (unpaired) electrons. The van der Waals surface area contributed by atoms with Crippen molar-refractivity contribution < 1.29 is 14.3 Å². The Kier molecular flexibility index (Phi) is 5.87. The Morgan fingerprint density at radius 1 is 1.15 bits per heavy atom. The van der Waals surface area contributed by atoms with E-state index in [4.69, 9.17) is 9.52 Å². The largest absolute Gasteiger partial charge is 0.461 e. The summed E-state index contributed by atoms with van der Waals surface area (Å²) in [6, 6.07) is 17.4. The molecule has 134 valence electrons. The van der Waals surface area contributed by atoms with Crippen molar-refractivity contribution in [2.75, 3.05) is 19.7 Å². The molecular weight excluding hydrogens is 326 g/mol. The van der Waals surface area contributed by atoms with Crippen LogP contribution in [0.3, 0.4) is 0 Å². The molecule has 0 aliphatic heterocycles. The van der Waals surface area contributed by atoms with Crippen LogP contribution in [0, 0.1) is 6.92 Å². The Morgan fingerprint density at radius 3 is 2.73 bits per heavy atom. The number of amides is 1. The zero-order chi connectivity index (χ0) is 18.4. The summed E-state index contributed by atoms with van der Waals surface area (Å²) >= 11 is 0. The number of carbonyl (C=O) groups excluding carboxylic acids is 1. The van der Waals surface area contributed by atoms with Crippen LogP contribution in [-0.4, -0.2) is 35.6 Å². The van der Waals surface area contributed by atoms with Crippen molar-refractivity contribution in [2.45, 2.75) is 13.3 Å². The average Bonchev–Trinajstić information content (AvgIpc) is 3.04. The van der Waals surface area contributed by atoms with Crippen LogP contribution in [-0.2, 0) is 0 Å². The molecule has 3 rings (SSSR count). The van der Waals surface area contributed by atoms with E-state index in [1.54, 1.807) is 11.0 Å². The minimum atomic E-state index is -0.0445. The number of rotatable bonds is 7. The first kappa shape index (κ1) is 18.0. The van der Waals surface area contributed by atoms with Gasteiger partial charge in [-0.3, -0.25) is 4.79 Å². The van der Waals surface area contributed by atoms with Gasteiger partial charge in [0.05, 0.1) is 0 Å². The quantitative estimate of drug-likeness (QED) is 0.693. The molecule has 3 aromatic rings. The van der Waals surface area contributed by atoms with Gasteiger partial charge in [0, 0.05) is 30.6 Å². The normalized spacial score (nSPS) is 11.3. The minimum absolute atomic E-state index is 0.0445. The smallest absolute Gasteiger partial charge is 0.254 e. The molecule has 0 atom stereocenters. The van der Waals surface area contributed by atoms with Crippen molar-refractivity contribution in [1.82, 2.24) is 4.90 Å². The lowest BCUT2D eigenvalue weighted by atomic mass is 10.1. The van der Waals surface area contributed by atoms with Crippen LogP contribution in [0.5, 0.6) is 0 Å². The second-order valence-electron chi connectivity index (χ2n) is 6.25. The highest BCUT2D eigenvalue weighted by Crippen LogP contribution is 2.21. The van der Waals surface area contributed by atoms with E-state index < -0.39 is 0 Å². The summed E-state index contributed by atoms with van der Waals surface area (Å²) in [6.45, 7) is 2.96. The molecule has 1 N–H and O–H groups in total. The van der Waals surface area contributed by atoms with Crippen molar-refractivity contribution in [3.8, 4) is 0 Å². The lowest BCUT2D eigenvalue weighted by Gasteiger charge is -2.21. The Balaban J connectivity index is 1.76. The van der Waals surface area contributed by atoms with Gasteiger partial charge < -0.3 is 14.4 Å². The first-order chi connectivity index (χ1) is 12.7. The van der Waals surface area contributed by atoms with Crippen molar-refractivity contribution in [1.29, 1.82) is 0 Å². The predicted octanol–water partition coefficient (Wildman–Crippen LogP) is 4.28. The fourth-order valence-electron chi connectivity index (χ4n) is 2.91. The van der Waals surface area contributed by atoms with Gasteiger partial charge in [0.2, 0.25) is 0 Å². The second kappa shape index (κ2) is 8.50. The molecule has 0 bridgehead atoms. The number of furan rings is 1. The highest BCUT2D eigenvalue weighted by molar-refractivity contribution is 5.98. The number of fused-ring (bicyclic) bond motifs is 1. The van der Waals surface area contributed by atoms with Crippen LogP contribution in [0.2, 0.25) is 0 Å². The minimum Gasteiger partial charge on any atom is -0.461 e. The van der Waals surface area contributed by atoms with E-state index in [9.17, 15) is 4.79 Å². The monoisotopic (exact) mass is 349 g/mol. The van der Waals surface area contributed by atoms with Gasteiger partial charge >= 0.3 is 0 Å². The molecule has 0 aliphatic carbocycles. The molecule has 1 aromatic heterocycles. The molecule has 4 nitrogen and oxygen atoms in total. The molecule has 26 heavy (non-hydrogen) atoms. The molecule has 0 aliphatic rings. The summed E-state index contributed by atoms with van der Waals surface area (Å²) in [5, 5.41) is 10.1. The van der Waals surface area contributed by atoms with Crippen LogP contribution in [0.25, 0.3) is 17.0 Å². The molecule has 0 saturated carbocycles. The molecular formula is C22H23NO3. The summed E-state index contributed by atoms with van der Waals surface area (Å²) < 4.78 is 5.57. The van der Waals surface area contributed by atoms with Gasteiger partial charge in [0.15, 0.2) is 0 Å². The first-order valence-electron chi connectivity index (χ1n) is 8.79. The number of hydrogen-bond acceptors (Lipinski definition) is 3. The zero-order valence-corrected chi connectivity index (χ0v) is 14.9. The maximum Gasteiger partial charge on any atom is 0.254 e. The van der Waals surface area contributed by atoms with Crippen LogP contribution < -0.4 is 0 Å². The lowest BCUT2D eigenvalue weighted by Crippen LogP contribution is -2.32. The van der Waals surface area contributed by atoms with E-state index in [1.165, 1.54) is 0 Å². The molecule has 2 aromatic carbocycles. The summed E-state index contributed by atoms with van der Waals surface area (Å²) in [5.74, 6) is 0.782. The van der Waals surface area contributed by atoms with Gasteiger partial charge in [-0.15, -0.1) is 0 Å². The summed E-state index contributed by atoms with van der Waals surface area (Å²) in [7, 11) is 0. The molecule has 1 amide bonds. The molecule has 4 heteroatoms. The highest BCUT2D eigenvalue weighted by Gasteiger charge is 2.15. The van der Waals surface area contributed by atoms with E-state index in [0.29, 0.717) is 25.1 Å². The standard InChI is InChI=1S/C22H23NO3/c1-17-15-20-16-19(10-11-21(20)26-17)22(25)23(13-6-14-24)12-5-9-18-7-3-2-4-8-18/h2-5,7-11,15-16,24H,6,12-14H2,1H3. The predicted molar refractivity (Wildman–Crippen MR) is 104 cm³/mol. The third-order valence-electron chi connectivity index (χ3n) is 4.20. The van der Waals surface area contributed by atoms with Gasteiger partial charge in [-0.2, -0.15) is 0 Å². The van der Waals surface area contributed by atoms with E-state index in [0.717, 1.165) is 22.3 Å². The molecule has 1 heterocycles. The van der Waals surface area contributed by atoms with Gasteiger partial charge in [-0.1, -0.05) is 42.5 Å². The SMILES string of the molecule is Cc1cc2cc(C(=O)N(CC=Cc3ccccc3)CCCO)ccc2o1. The number of aliphatic hydroxyl groups excluding tert-OH is 1. The van der Waals surface area contributed by atoms with Crippen molar-refractivity contribution in [3.63, 3.8) is 0 Å². The topological polar surface area (TPSA) is 53.7 Å². The Hall–Kier alpha value is -2.85. The number of nitrogens with zero attached hydrogens (tertiary/aromatic N) is 1. The van der Waals surface area contributed by atoms with Crippen LogP contribution in [0.1, 0.15) is 28.1 Å². The van der Waals surface area contributed by atoms with E-state index in [2.05, 4.69) is 0 Å². The van der Waals surface area contributed by atoms with Crippen LogP contribution in [0.4, 0.5) is 0 Å². The number of carbonyl (C=O) groups is 1. The van der Waals surface area contributed by atoms with Crippen molar-refractivity contribution >= 4 is 23.0 Å². The Bertz CT molecular complexity index is 896. The molecule has 0 fully saturated rings. The third kappa shape index (κ3) is 4.41. The average molecular weight is 349 g/mol. The summed E-state index contributed by atoms with van der Waals surface area (Å²) in [6.07, 6.45) is 4.53. The number of benzene rings is 2. The van der Waals surface area contributed by atoms with Gasteiger partial charge in [-0.05, 0) is 43.2 Å². The maximum atomic E-state index is 12.9. The fraction of sp³-hybridized carbons (Fsp3) is 0.227. The number of aliphatic hydroxyl groups is 1. The molecule has 0 unspecified atom stereocenters. The number of hydrogen-bond donors (Lipinski definition) is 1.